The van der Waals surface area contributed by atoms with Crippen LogP contribution in [0.2, 0.25) is 0 Å². The third kappa shape index (κ3) is 7.94. The van der Waals surface area contributed by atoms with Crippen molar-refractivity contribution < 1.29 is 48.3 Å². The van der Waals surface area contributed by atoms with Gasteiger partial charge < -0.3 is 5.32 Å². The van der Waals surface area contributed by atoms with Crippen molar-refractivity contribution in [1.82, 2.24) is 14.5 Å². The molecule has 1 aromatic carbocycles. The molecular formula is C23H30ClF8N3O3S. The van der Waals surface area contributed by atoms with Gasteiger partial charge in [0.15, 0.2) is 0 Å². The molecule has 1 aliphatic heterocycles. The molecule has 2 aliphatic rings. The minimum Gasteiger partial charge on any atom is -0.350 e. The van der Waals surface area contributed by atoms with Crippen molar-refractivity contribution in [3.05, 3.63) is 34.9 Å². The lowest BCUT2D eigenvalue weighted by Gasteiger charge is -2.50. The Morgan fingerprint density at radius 2 is 1.51 bits per heavy atom. The van der Waals surface area contributed by atoms with Crippen LogP contribution in [0.25, 0.3) is 0 Å². The maximum atomic E-state index is 14.0. The number of nitrogens with one attached hydrogen (secondary N) is 1. The van der Waals surface area contributed by atoms with Gasteiger partial charge in [0.2, 0.25) is 15.9 Å². The first-order valence-electron chi connectivity index (χ1n) is 12.1. The van der Waals surface area contributed by atoms with Gasteiger partial charge >= 0.3 is 12.4 Å². The molecule has 16 heteroatoms. The van der Waals surface area contributed by atoms with Crippen LogP contribution in [0, 0.1) is 0 Å². The molecule has 0 unspecified atom stereocenters. The number of carbonyl (C=O) groups excluding carboxylic acids is 1. The highest BCUT2D eigenvalue weighted by molar-refractivity contribution is 7.89. The summed E-state index contributed by atoms with van der Waals surface area (Å²) in [5.41, 5.74) is -5.42. The molecule has 0 spiro atoms. The molecule has 0 atom stereocenters. The van der Waals surface area contributed by atoms with Gasteiger partial charge in [0.1, 0.15) is 0 Å². The summed E-state index contributed by atoms with van der Waals surface area (Å²) in [7, 11) is -3.49. The maximum absolute atomic E-state index is 14.0. The summed E-state index contributed by atoms with van der Waals surface area (Å²) >= 11 is 0. The first kappa shape index (κ1) is 33.5. The lowest BCUT2D eigenvalue weighted by atomic mass is 9.78. The summed E-state index contributed by atoms with van der Waals surface area (Å²) in [5.74, 6) is -4.29. The normalized spacial score (nSPS) is 20.7. The van der Waals surface area contributed by atoms with E-state index in [0.29, 0.717) is 18.6 Å². The highest BCUT2D eigenvalue weighted by atomic mass is 35.5. The number of rotatable bonds is 7. The predicted molar refractivity (Wildman–Crippen MR) is 129 cm³/mol. The van der Waals surface area contributed by atoms with Crippen molar-refractivity contribution in [3.63, 3.8) is 0 Å². The molecular weight excluding hydrogens is 586 g/mol. The van der Waals surface area contributed by atoms with Gasteiger partial charge in [0.25, 0.3) is 5.91 Å². The molecule has 0 radical (unpaired) electrons. The summed E-state index contributed by atoms with van der Waals surface area (Å²) in [6.45, 7) is 1.89. The van der Waals surface area contributed by atoms with Crippen LogP contribution in [0.15, 0.2) is 18.2 Å². The van der Waals surface area contributed by atoms with E-state index in [0.717, 1.165) is 0 Å². The average Bonchev–Trinajstić information content (AvgIpc) is 2.82. The number of amides is 1. The molecule has 1 aromatic rings. The minimum absolute atomic E-state index is 0. The van der Waals surface area contributed by atoms with Crippen molar-refractivity contribution in [2.75, 3.05) is 38.5 Å². The van der Waals surface area contributed by atoms with Gasteiger partial charge in [-0.2, -0.15) is 30.6 Å². The van der Waals surface area contributed by atoms with Crippen molar-refractivity contribution in [2.45, 2.75) is 62.8 Å². The Bertz CT molecular complexity index is 1110. The van der Waals surface area contributed by atoms with E-state index in [1.807, 2.05) is 0 Å². The molecule has 0 bridgehead atoms. The summed E-state index contributed by atoms with van der Waals surface area (Å²) in [5, 5.41) is 2.33. The fraction of sp³-hybridized carbons (Fsp3) is 0.696. The van der Waals surface area contributed by atoms with E-state index in [9.17, 15) is 48.3 Å². The highest BCUT2D eigenvalue weighted by Crippen LogP contribution is 2.42. The quantitative estimate of drug-likeness (QED) is 0.429. The predicted octanol–water partition coefficient (Wildman–Crippen LogP) is 5.18. The van der Waals surface area contributed by atoms with Gasteiger partial charge in [0, 0.05) is 51.1 Å². The number of nitrogens with zero attached hydrogens (tertiary/aromatic N) is 2. The van der Waals surface area contributed by atoms with Gasteiger partial charge in [-0.25, -0.2) is 17.2 Å². The Morgan fingerprint density at radius 3 is 2.00 bits per heavy atom. The summed E-state index contributed by atoms with van der Waals surface area (Å²) in [6, 6.07) is 0.679. The lowest BCUT2D eigenvalue weighted by molar-refractivity contribution is -0.143. The van der Waals surface area contributed by atoms with Crippen LogP contribution < -0.4 is 5.32 Å². The molecule has 1 heterocycles. The third-order valence-corrected chi connectivity index (χ3v) is 9.23. The van der Waals surface area contributed by atoms with Crippen LogP contribution in [-0.4, -0.2) is 73.5 Å². The van der Waals surface area contributed by atoms with Crippen LogP contribution in [0.1, 0.15) is 60.5 Å². The summed E-state index contributed by atoms with van der Waals surface area (Å²) in [4.78, 5) is 14.6. The zero-order valence-corrected chi connectivity index (χ0v) is 22.6. The molecule has 2 fully saturated rings. The fourth-order valence-corrected chi connectivity index (χ4v) is 6.50. The van der Waals surface area contributed by atoms with Crippen LogP contribution in [0.3, 0.4) is 0 Å². The van der Waals surface area contributed by atoms with Crippen molar-refractivity contribution in [1.29, 1.82) is 0 Å². The van der Waals surface area contributed by atoms with Crippen LogP contribution in [0.5, 0.6) is 0 Å². The topological polar surface area (TPSA) is 69.7 Å². The van der Waals surface area contributed by atoms with Crippen LogP contribution >= 0.6 is 12.4 Å². The van der Waals surface area contributed by atoms with Gasteiger partial charge in [0.05, 0.1) is 22.4 Å². The number of alkyl halides is 8. The smallest absolute Gasteiger partial charge is 0.350 e. The number of sulfonamides is 1. The Kier molecular flexibility index (Phi) is 10.3. The molecule has 1 amide bonds. The number of carbonyl (C=O) groups is 1. The SMILES string of the molecule is CCCS(=O)(=O)N1CCN(C2(CNC(=O)c3ccc(C(F)(F)F)cc3C(F)(F)F)CCC(F)(F)CC2)CC1.Cl. The molecule has 3 rings (SSSR count). The second-order valence-corrected chi connectivity index (χ2v) is 11.8. The largest absolute Gasteiger partial charge is 0.417 e. The Morgan fingerprint density at radius 1 is 0.949 bits per heavy atom. The minimum atomic E-state index is -5.25. The van der Waals surface area contributed by atoms with Gasteiger partial charge in [-0.15, -0.1) is 12.4 Å². The Labute approximate surface area is 227 Å². The monoisotopic (exact) mass is 615 g/mol. The van der Waals surface area contributed by atoms with Crippen molar-refractivity contribution >= 4 is 28.3 Å². The van der Waals surface area contributed by atoms with E-state index in [4.69, 9.17) is 0 Å². The Hall–Kier alpha value is -1.71. The molecule has 6 nitrogen and oxygen atoms in total. The molecule has 224 valence electrons. The fourth-order valence-electron chi connectivity index (χ4n) is 5.01. The zero-order valence-electron chi connectivity index (χ0n) is 21.0. The van der Waals surface area contributed by atoms with E-state index >= 15 is 0 Å². The average molecular weight is 616 g/mol. The highest BCUT2D eigenvalue weighted by Gasteiger charge is 2.48. The van der Waals surface area contributed by atoms with E-state index in [2.05, 4.69) is 5.32 Å². The van der Waals surface area contributed by atoms with Crippen LogP contribution in [-0.2, 0) is 22.4 Å². The van der Waals surface area contributed by atoms with Crippen molar-refractivity contribution in [2.24, 2.45) is 0 Å². The summed E-state index contributed by atoms with van der Waals surface area (Å²) < 4.78 is 134. The van der Waals surface area contributed by atoms with E-state index in [1.165, 1.54) is 4.31 Å². The van der Waals surface area contributed by atoms with Crippen molar-refractivity contribution in [3.8, 4) is 0 Å². The van der Waals surface area contributed by atoms with Gasteiger partial charge in [-0.3, -0.25) is 9.69 Å². The van der Waals surface area contributed by atoms with E-state index in [-0.39, 0.29) is 69.8 Å². The van der Waals surface area contributed by atoms with E-state index in [1.54, 1.807) is 11.8 Å². The second kappa shape index (κ2) is 12.0. The third-order valence-electron chi connectivity index (χ3n) is 7.15. The van der Waals surface area contributed by atoms with Gasteiger partial charge in [-0.1, -0.05) is 6.92 Å². The number of hydrogen-bond donors (Lipinski definition) is 1. The molecule has 0 aromatic heterocycles. The lowest BCUT2D eigenvalue weighted by Crippen LogP contribution is -2.63. The number of halogens is 9. The molecule has 39 heavy (non-hydrogen) atoms. The molecule has 1 aliphatic carbocycles. The molecule has 1 saturated carbocycles. The number of piperazine rings is 1. The number of benzene rings is 1. The second-order valence-electron chi connectivity index (χ2n) is 9.72. The van der Waals surface area contributed by atoms with Crippen LogP contribution in [0.4, 0.5) is 35.1 Å². The first-order chi connectivity index (χ1) is 17.4. The molecule has 1 saturated heterocycles. The summed E-state index contributed by atoms with van der Waals surface area (Å²) in [6.07, 6.45) is -11.2. The zero-order chi connectivity index (χ0) is 28.6. The molecule has 1 N–H and O–H groups in total. The van der Waals surface area contributed by atoms with E-state index < -0.39 is 69.3 Å². The maximum Gasteiger partial charge on any atom is 0.417 e. The number of hydrogen-bond acceptors (Lipinski definition) is 4. The standard InChI is InChI=1S/C23H29F8N3O3S.ClH/c1-2-13-38(36,37)34-11-9-33(10-12-34)20(5-7-21(24,25)8-6-20)15-32-19(35)17-4-3-16(22(26,27)28)14-18(17)23(29,30)31;/h3-4,14H,2,5-13,15H2,1H3,(H,32,35);1H. The van der Waals surface area contributed by atoms with Gasteiger partial charge in [-0.05, 0) is 37.5 Å². The first-order valence-corrected chi connectivity index (χ1v) is 13.7. The Balaban J connectivity index is 0.00000533.